The van der Waals surface area contributed by atoms with Gasteiger partial charge < -0.3 is 36.2 Å². The van der Waals surface area contributed by atoms with Crippen LogP contribution in [0.2, 0.25) is 0 Å². The molecule has 4 atom stereocenters. The highest BCUT2D eigenvalue weighted by molar-refractivity contribution is 5.74. The summed E-state index contributed by atoms with van der Waals surface area (Å²) in [5.74, 6) is 0. The predicted octanol–water partition coefficient (Wildman–Crippen LogP) is -1.95. The fraction of sp³-hybridized carbons (Fsp3) is 0.923. The predicted molar refractivity (Wildman–Crippen MR) is 74.5 cm³/mol. The zero-order valence-electron chi connectivity index (χ0n) is 12.0. The Morgan fingerprint density at radius 2 is 1.57 bits per heavy atom. The third-order valence-corrected chi connectivity index (χ3v) is 3.74. The van der Waals surface area contributed by atoms with Crippen molar-refractivity contribution in [3.8, 4) is 0 Å². The molecule has 0 spiro atoms. The third-order valence-electron chi connectivity index (χ3n) is 3.74. The van der Waals surface area contributed by atoms with E-state index in [0.29, 0.717) is 0 Å². The number of hydrogen-bond acceptors (Lipinski definition) is 6. The van der Waals surface area contributed by atoms with Crippen LogP contribution in [0.5, 0.6) is 0 Å². The molecule has 0 radical (unpaired) electrons. The van der Waals surface area contributed by atoms with E-state index in [2.05, 4.69) is 10.6 Å². The number of amides is 2. The molecule has 21 heavy (non-hydrogen) atoms. The third kappa shape index (κ3) is 6.15. The summed E-state index contributed by atoms with van der Waals surface area (Å²) in [4.78, 5) is 11.6. The number of aliphatic hydroxyl groups excluding tert-OH is 5. The van der Waals surface area contributed by atoms with E-state index < -0.39 is 37.1 Å². The van der Waals surface area contributed by atoms with Gasteiger partial charge in [0, 0.05) is 12.6 Å². The van der Waals surface area contributed by atoms with Crippen molar-refractivity contribution < 1.29 is 30.3 Å². The Morgan fingerprint density at radius 3 is 2.14 bits per heavy atom. The smallest absolute Gasteiger partial charge is 0.315 e. The van der Waals surface area contributed by atoms with Crippen LogP contribution in [0.15, 0.2) is 0 Å². The number of carbonyl (C=O) groups is 1. The van der Waals surface area contributed by atoms with Crippen molar-refractivity contribution in [2.45, 2.75) is 62.6 Å². The molecule has 0 unspecified atom stereocenters. The maximum Gasteiger partial charge on any atom is 0.315 e. The molecule has 1 fully saturated rings. The fourth-order valence-electron chi connectivity index (χ4n) is 2.36. The second-order valence-electron chi connectivity index (χ2n) is 5.49. The molecule has 1 rings (SSSR count). The first-order chi connectivity index (χ1) is 9.95. The Bertz CT molecular complexity index is 311. The van der Waals surface area contributed by atoms with Crippen LogP contribution in [-0.4, -0.2) is 75.2 Å². The van der Waals surface area contributed by atoms with Crippen LogP contribution < -0.4 is 10.6 Å². The summed E-state index contributed by atoms with van der Waals surface area (Å²) in [6.07, 6.45) is -1.15. The van der Waals surface area contributed by atoms with Crippen LogP contribution in [0, 0.1) is 0 Å². The second-order valence-corrected chi connectivity index (χ2v) is 5.49. The molecule has 0 heterocycles. The van der Waals surface area contributed by atoms with Crippen molar-refractivity contribution in [1.82, 2.24) is 10.6 Å². The van der Waals surface area contributed by atoms with Crippen molar-refractivity contribution in [2.24, 2.45) is 0 Å². The quantitative estimate of drug-likeness (QED) is 0.291. The van der Waals surface area contributed by atoms with Crippen molar-refractivity contribution >= 4 is 6.03 Å². The molecule has 0 aromatic heterocycles. The van der Waals surface area contributed by atoms with Crippen LogP contribution in [0.1, 0.15) is 32.1 Å². The van der Waals surface area contributed by atoms with Gasteiger partial charge in [0.1, 0.15) is 18.3 Å². The van der Waals surface area contributed by atoms with E-state index >= 15 is 0 Å². The van der Waals surface area contributed by atoms with Crippen LogP contribution >= 0.6 is 0 Å². The number of aliphatic hydroxyl groups is 5. The largest absolute Gasteiger partial charge is 0.394 e. The molecular weight excluding hydrogens is 280 g/mol. The molecular formula is C13H26N2O6. The zero-order chi connectivity index (χ0) is 15.8. The molecule has 8 nitrogen and oxygen atoms in total. The summed E-state index contributed by atoms with van der Waals surface area (Å²) in [5.41, 5.74) is 0. The molecule has 0 aliphatic heterocycles. The van der Waals surface area contributed by atoms with Gasteiger partial charge in [0.15, 0.2) is 0 Å². The first-order valence-electron chi connectivity index (χ1n) is 7.33. The molecule has 0 aromatic rings. The van der Waals surface area contributed by atoms with Crippen LogP contribution in [0.3, 0.4) is 0 Å². The van der Waals surface area contributed by atoms with Gasteiger partial charge in [-0.05, 0) is 12.8 Å². The van der Waals surface area contributed by atoms with Gasteiger partial charge in [-0.2, -0.15) is 0 Å². The lowest BCUT2D eigenvalue weighted by Gasteiger charge is -2.26. The monoisotopic (exact) mass is 306 g/mol. The molecule has 7 N–H and O–H groups in total. The molecule has 0 aromatic carbocycles. The number of carbonyl (C=O) groups excluding carboxylic acids is 1. The van der Waals surface area contributed by atoms with Gasteiger partial charge in [0.25, 0.3) is 0 Å². The number of rotatable bonds is 7. The van der Waals surface area contributed by atoms with E-state index in [1.165, 1.54) is 6.42 Å². The van der Waals surface area contributed by atoms with E-state index in [9.17, 15) is 20.1 Å². The lowest BCUT2D eigenvalue weighted by atomic mass is 9.96. The second kappa shape index (κ2) is 9.16. The first-order valence-corrected chi connectivity index (χ1v) is 7.33. The van der Waals surface area contributed by atoms with Crippen LogP contribution in [0.25, 0.3) is 0 Å². The molecule has 0 bridgehead atoms. The number of urea groups is 1. The van der Waals surface area contributed by atoms with E-state index in [1.807, 2.05) is 0 Å². The average Bonchev–Trinajstić information content (AvgIpc) is 2.51. The van der Waals surface area contributed by atoms with E-state index in [-0.39, 0.29) is 12.6 Å². The van der Waals surface area contributed by atoms with Crippen LogP contribution in [-0.2, 0) is 0 Å². The highest BCUT2D eigenvalue weighted by atomic mass is 16.4. The SMILES string of the molecule is O=C(NC[C@H](O)[C@@H](O)[C@H](O)[C@H](O)CO)NC1CCCCC1. The summed E-state index contributed by atoms with van der Waals surface area (Å²) in [6.45, 7) is -1.00. The molecule has 1 aliphatic rings. The maximum absolute atomic E-state index is 11.6. The van der Waals surface area contributed by atoms with Crippen molar-refractivity contribution in [1.29, 1.82) is 0 Å². The molecule has 1 aliphatic carbocycles. The normalized spacial score (nSPS) is 22.1. The summed E-state index contributed by atoms with van der Waals surface area (Å²) < 4.78 is 0. The molecule has 8 heteroatoms. The average molecular weight is 306 g/mol. The lowest BCUT2D eigenvalue weighted by Crippen LogP contribution is -2.51. The van der Waals surface area contributed by atoms with Gasteiger partial charge in [-0.15, -0.1) is 0 Å². The van der Waals surface area contributed by atoms with Crippen LogP contribution in [0.4, 0.5) is 4.79 Å². The van der Waals surface area contributed by atoms with Gasteiger partial charge in [-0.1, -0.05) is 19.3 Å². The Kier molecular flexibility index (Phi) is 7.91. The summed E-state index contributed by atoms with van der Waals surface area (Å²) in [7, 11) is 0. The molecule has 0 saturated heterocycles. The topological polar surface area (TPSA) is 142 Å². The maximum atomic E-state index is 11.6. The standard InChI is InChI=1S/C13H26N2O6/c16-7-10(18)12(20)11(19)9(17)6-14-13(21)15-8-4-2-1-3-5-8/h8-12,16-20H,1-7H2,(H2,14,15,21)/t9-,10+,11+,12+/m0/s1. The molecule has 124 valence electrons. The zero-order valence-corrected chi connectivity index (χ0v) is 12.0. The van der Waals surface area contributed by atoms with Gasteiger partial charge >= 0.3 is 6.03 Å². The molecule has 2 amide bonds. The highest BCUT2D eigenvalue weighted by Gasteiger charge is 2.30. The first kappa shape index (κ1) is 18.1. The Balaban J connectivity index is 2.27. The minimum Gasteiger partial charge on any atom is -0.394 e. The van der Waals surface area contributed by atoms with Crippen molar-refractivity contribution in [3.05, 3.63) is 0 Å². The fourth-order valence-corrected chi connectivity index (χ4v) is 2.36. The van der Waals surface area contributed by atoms with E-state index in [0.717, 1.165) is 25.7 Å². The lowest BCUT2D eigenvalue weighted by molar-refractivity contribution is -0.113. The van der Waals surface area contributed by atoms with Crippen molar-refractivity contribution in [3.63, 3.8) is 0 Å². The molecule has 1 saturated carbocycles. The highest BCUT2D eigenvalue weighted by Crippen LogP contribution is 2.17. The van der Waals surface area contributed by atoms with E-state index in [4.69, 9.17) is 10.2 Å². The minimum absolute atomic E-state index is 0.127. The number of nitrogens with one attached hydrogen (secondary N) is 2. The van der Waals surface area contributed by atoms with Gasteiger partial charge in [0.2, 0.25) is 0 Å². The summed E-state index contributed by atoms with van der Waals surface area (Å²) in [5, 5.41) is 51.7. The summed E-state index contributed by atoms with van der Waals surface area (Å²) in [6, 6.07) is -0.312. The summed E-state index contributed by atoms with van der Waals surface area (Å²) >= 11 is 0. The van der Waals surface area contributed by atoms with Gasteiger partial charge in [0.05, 0.1) is 12.7 Å². The van der Waals surface area contributed by atoms with Gasteiger partial charge in [-0.25, -0.2) is 4.79 Å². The van der Waals surface area contributed by atoms with Crippen molar-refractivity contribution in [2.75, 3.05) is 13.2 Å². The Hall–Kier alpha value is -0.930. The Labute approximate surface area is 123 Å². The number of hydrogen-bond donors (Lipinski definition) is 7. The van der Waals surface area contributed by atoms with Gasteiger partial charge in [-0.3, -0.25) is 0 Å². The van der Waals surface area contributed by atoms with E-state index in [1.54, 1.807) is 0 Å². The Morgan fingerprint density at radius 1 is 1.00 bits per heavy atom. The minimum atomic E-state index is -1.69.